The first-order chi connectivity index (χ1) is 6.68. The summed E-state index contributed by atoms with van der Waals surface area (Å²) in [5, 5.41) is 2.70. The molecule has 0 rings (SSSR count). The van der Waals surface area contributed by atoms with E-state index in [9.17, 15) is 0 Å². The van der Waals surface area contributed by atoms with E-state index in [2.05, 4.69) is 26.0 Å². The summed E-state index contributed by atoms with van der Waals surface area (Å²) in [6, 6.07) is 0. The first-order valence-electron chi connectivity index (χ1n) is 6.68. The number of hydrogen-bond acceptors (Lipinski definition) is 0. The number of unbranched alkanes of at least 4 members (excludes halogenated alkanes) is 3. The second-order valence-corrected chi connectivity index (χ2v) is 13.1. The molecule has 0 amide bonds. The van der Waals surface area contributed by atoms with E-state index >= 15 is 0 Å². The van der Waals surface area contributed by atoms with Gasteiger partial charge in [-0.25, -0.2) is 0 Å². The monoisotopic (exact) mass is 234 g/mol. The summed E-state index contributed by atoms with van der Waals surface area (Å²) in [6.07, 6.45) is 8.72. The summed E-state index contributed by atoms with van der Waals surface area (Å²) >= 11 is -1.33. The first-order valence-corrected chi connectivity index (χ1v) is 11.6. The molecule has 0 aromatic carbocycles. The van der Waals surface area contributed by atoms with Crippen LogP contribution in [0.25, 0.3) is 0 Å². The van der Waals surface area contributed by atoms with Crippen LogP contribution in [-0.2, 0) is 16.6 Å². The fourth-order valence-electron chi connectivity index (χ4n) is 2.19. The van der Waals surface area contributed by atoms with Gasteiger partial charge in [0.15, 0.2) is 0 Å². The Kier molecular flexibility index (Phi) is 9.44. The summed E-state index contributed by atoms with van der Waals surface area (Å²) < 4.78 is 4.91. The van der Waals surface area contributed by atoms with E-state index in [0.717, 1.165) is 0 Å². The van der Waals surface area contributed by atoms with Crippen LogP contribution in [0.2, 0.25) is 19.4 Å². The molecule has 0 aliphatic carbocycles. The predicted molar refractivity (Wildman–Crippen MR) is 65.0 cm³/mol. The van der Waals surface area contributed by atoms with Gasteiger partial charge in [0, 0.05) is 0 Å². The van der Waals surface area contributed by atoms with Crippen molar-refractivity contribution in [1.29, 1.82) is 0 Å². The molecule has 0 saturated carbocycles. The molecule has 0 atom stereocenters. The van der Waals surface area contributed by atoms with Crippen molar-refractivity contribution in [3.8, 4) is 0 Å². The molecule has 0 N–H and O–H groups in total. The van der Waals surface area contributed by atoms with Crippen molar-refractivity contribution >= 4 is 0 Å². The summed E-state index contributed by atoms with van der Waals surface area (Å²) in [5.74, 6) is 0. The summed E-state index contributed by atoms with van der Waals surface area (Å²) in [6.45, 7) is 7.01. The minimum absolute atomic E-state index is 1.33. The van der Waals surface area contributed by atoms with Crippen molar-refractivity contribution in [2.75, 3.05) is 0 Å². The molecule has 0 fully saturated rings. The molecule has 14 heavy (non-hydrogen) atoms. The van der Waals surface area contributed by atoms with E-state index in [1.54, 1.807) is 14.2 Å². The van der Waals surface area contributed by atoms with Gasteiger partial charge in [-0.2, -0.15) is 0 Å². The van der Waals surface area contributed by atoms with Crippen LogP contribution in [-0.4, -0.2) is 0 Å². The third kappa shape index (κ3) is 7.07. The summed E-state index contributed by atoms with van der Waals surface area (Å²) in [4.78, 5) is 0. The molecule has 0 aliphatic rings. The van der Waals surface area contributed by atoms with Gasteiger partial charge < -0.3 is 0 Å². The van der Waals surface area contributed by atoms with Crippen LogP contribution >= 0.6 is 0 Å². The molecule has 0 heterocycles. The van der Waals surface area contributed by atoms with Crippen molar-refractivity contribution in [2.24, 2.45) is 0 Å². The molecule has 0 saturated heterocycles. The molecule has 0 bridgehead atoms. The van der Waals surface area contributed by atoms with Crippen LogP contribution in [0.3, 0.4) is 0 Å². The molecule has 0 aliphatic heterocycles. The van der Waals surface area contributed by atoms with Crippen LogP contribution in [0, 0.1) is 0 Å². The Morgan fingerprint density at radius 1 is 0.643 bits per heavy atom. The van der Waals surface area contributed by atoms with Gasteiger partial charge in [-0.1, -0.05) is 0 Å². The Morgan fingerprint density at radius 2 is 0.929 bits per heavy atom. The van der Waals surface area contributed by atoms with Gasteiger partial charge in [0.2, 0.25) is 0 Å². The summed E-state index contributed by atoms with van der Waals surface area (Å²) in [7, 11) is 0. The van der Waals surface area contributed by atoms with E-state index in [0.29, 0.717) is 0 Å². The van der Waals surface area contributed by atoms with E-state index < -0.39 is 16.6 Å². The van der Waals surface area contributed by atoms with E-state index in [1.165, 1.54) is 38.5 Å². The molecular weight excluding hydrogens is 204 g/mol. The minimum atomic E-state index is -1.33. The zero-order valence-corrected chi connectivity index (χ0v) is 12.4. The van der Waals surface area contributed by atoms with Crippen LogP contribution < -0.4 is 0 Å². The standard InChI is InChI=1S/3C4H9.CH3.Ti/c3*1-3-4-2;;/h3*1,3-4H2,2H3;1H3;. The van der Waals surface area contributed by atoms with Crippen LogP contribution in [0.1, 0.15) is 59.3 Å². The maximum absolute atomic E-state index is 2.70. The molecular formula is C13H30Ti. The van der Waals surface area contributed by atoms with Gasteiger partial charge >= 0.3 is 95.3 Å². The second kappa shape index (κ2) is 8.98. The summed E-state index contributed by atoms with van der Waals surface area (Å²) in [5.41, 5.74) is 0. The first kappa shape index (κ1) is 14.7. The van der Waals surface area contributed by atoms with E-state index in [1.807, 2.05) is 0 Å². The van der Waals surface area contributed by atoms with Gasteiger partial charge in [0.05, 0.1) is 0 Å². The van der Waals surface area contributed by atoms with Gasteiger partial charge in [0.1, 0.15) is 0 Å². The number of hydrogen-bond donors (Lipinski definition) is 0. The average molecular weight is 234 g/mol. The molecule has 0 unspecified atom stereocenters. The fraction of sp³-hybridized carbons (Fsp3) is 1.00. The van der Waals surface area contributed by atoms with Crippen molar-refractivity contribution in [3.63, 3.8) is 0 Å². The van der Waals surface area contributed by atoms with Gasteiger partial charge in [0.25, 0.3) is 0 Å². The average Bonchev–Trinajstić information content (AvgIpc) is 2.21. The third-order valence-corrected chi connectivity index (χ3v) is 10.7. The van der Waals surface area contributed by atoms with Crippen LogP contribution in [0.4, 0.5) is 0 Å². The molecule has 0 radical (unpaired) electrons. The van der Waals surface area contributed by atoms with Crippen molar-refractivity contribution in [3.05, 3.63) is 0 Å². The Bertz CT molecular complexity index is 98.6. The normalized spacial score (nSPS) is 12.0. The molecule has 0 aromatic heterocycles. The van der Waals surface area contributed by atoms with Gasteiger partial charge in [-0.3, -0.25) is 0 Å². The van der Waals surface area contributed by atoms with Gasteiger partial charge in [-0.15, -0.1) is 0 Å². The predicted octanol–water partition coefficient (Wildman–Crippen LogP) is 5.84. The van der Waals surface area contributed by atoms with E-state index in [-0.39, 0.29) is 0 Å². The molecule has 0 spiro atoms. The maximum atomic E-state index is 2.70. The quantitative estimate of drug-likeness (QED) is 0.439. The van der Waals surface area contributed by atoms with Crippen LogP contribution in [0.5, 0.6) is 0 Å². The SMILES string of the molecule is CCC[CH2][Ti]([CH3])([CH2]CCC)[CH2]CCC. The third-order valence-electron chi connectivity index (χ3n) is 3.40. The Balaban J connectivity index is 3.89. The molecule has 1 heteroatoms. The Labute approximate surface area is 95.2 Å². The topological polar surface area (TPSA) is 0 Å². The van der Waals surface area contributed by atoms with Gasteiger partial charge in [-0.05, 0) is 0 Å². The molecule has 0 nitrogen and oxygen atoms in total. The fourth-order valence-corrected chi connectivity index (χ4v) is 9.01. The van der Waals surface area contributed by atoms with Crippen molar-refractivity contribution < 1.29 is 16.6 Å². The zero-order chi connectivity index (χ0) is 10.9. The number of rotatable bonds is 9. The van der Waals surface area contributed by atoms with Crippen molar-refractivity contribution in [2.45, 2.75) is 78.7 Å². The Morgan fingerprint density at radius 3 is 1.14 bits per heavy atom. The second-order valence-electron chi connectivity index (χ2n) is 5.12. The zero-order valence-electron chi connectivity index (χ0n) is 10.9. The Hall–Kier alpha value is 0.714. The van der Waals surface area contributed by atoms with Crippen LogP contribution in [0.15, 0.2) is 0 Å². The molecule has 0 aromatic rings. The molecule has 86 valence electrons. The van der Waals surface area contributed by atoms with E-state index in [4.69, 9.17) is 0 Å². The van der Waals surface area contributed by atoms with Crippen molar-refractivity contribution in [1.82, 2.24) is 0 Å².